The summed E-state index contributed by atoms with van der Waals surface area (Å²) in [5.41, 5.74) is 0.446. The summed E-state index contributed by atoms with van der Waals surface area (Å²) >= 11 is 0.963. The smallest absolute Gasteiger partial charge is 0.345 e. The summed E-state index contributed by atoms with van der Waals surface area (Å²) in [4.78, 5) is 27.8. The number of carboxylic acids is 1. The monoisotopic (exact) mass is 304 g/mol. The minimum Gasteiger partial charge on any atom is -0.477 e. The number of aromatic nitrogens is 2. The first kappa shape index (κ1) is 13.4. The number of carboxylic acid groups (broad SMARTS) is 1. The summed E-state index contributed by atoms with van der Waals surface area (Å²) in [5.74, 6) is -1.42. The SMILES string of the molecule is O=C(O)c1cc2c(=O)n(Cc3ccc(F)cc3)cnc2s1. The molecule has 0 aliphatic carbocycles. The summed E-state index contributed by atoms with van der Waals surface area (Å²) in [7, 11) is 0. The average molecular weight is 304 g/mol. The molecule has 1 aromatic carbocycles. The van der Waals surface area contributed by atoms with Crippen LogP contribution in [0, 0.1) is 5.82 Å². The van der Waals surface area contributed by atoms with Crippen molar-refractivity contribution in [1.82, 2.24) is 9.55 Å². The van der Waals surface area contributed by atoms with Gasteiger partial charge in [-0.3, -0.25) is 9.36 Å². The van der Waals surface area contributed by atoms with Crippen LogP contribution in [-0.4, -0.2) is 20.6 Å². The predicted molar refractivity (Wildman–Crippen MR) is 76.3 cm³/mol. The maximum Gasteiger partial charge on any atom is 0.345 e. The van der Waals surface area contributed by atoms with Gasteiger partial charge in [0, 0.05) is 0 Å². The van der Waals surface area contributed by atoms with Gasteiger partial charge in [0.25, 0.3) is 5.56 Å². The van der Waals surface area contributed by atoms with Crippen LogP contribution in [0.25, 0.3) is 10.2 Å². The lowest BCUT2D eigenvalue weighted by Gasteiger charge is -2.05. The Morgan fingerprint density at radius 2 is 2.05 bits per heavy atom. The summed E-state index contributed by atoms with van der Waals surface area (Å²) in [5, 5.41) is 9.23. The molecular formula is C14H9FN2O3S. The van der Waals surface area contributed by atoms with E-state index in [0.29, 0.717) is 4.83 Å². The standard InChI is InChI=1S/C14H9FN2O3S/c15-9-3-1-8(2-4-9)6-17-7-16-12-10(13(17)18)5-11(21-12)14(19)20/h1-5,7H,6H2,(H,19,20). The number of thiophene rings is 1. The molecule has 0 aliphatic heterocycles. The number of rotatable bonds is 3. The van der Waals surface area contributed by atoms with Gasteiger partial charge in [0.1, 0.15) is 15.5 Å². The topological polar surface area (TPSA) is 72.2 Å². The van der Waals surface area contributed by atoms with Crippen LogP contribution in [0.15, 0.2) is 41.5 Å². The third-order valence-corrected chi connectivity index (χ3v) is 4.03. The second-order valence-corrected chi connectivity index (χ2v) is 5.47. The molecule has 0 radical (unpaired) electrons. The molecule has 0 saturated heterocycles. The van der Waals surface area contributed by atoms with Crippen molar-refractivity contribution in [2.45, 2.75) is 6.54 Å². The summed E-state index contributed by atoms with van der Waals surface area (Å²) in [6.45, 7) is 0.250. The lowest BCUT2D eigenvalue weighted by molar-refractivity contribution is 0.0702. The summed E-state index contributed by atoms with van der Waals surface area (Å²) < 4.78 is 14.2. The fourth-order valence-corrected chi connectivity index (χ4v) is 2.79. The molecule has 7 heteroatoms. The molecule has 0 aliphatic rings. The van der Waals surface area contributed by atoms with Gasteiger partial charge in [-0.2, -0.15) is 0 Å². The highest BCUT2D eigenvalue weighted by atomic mass is 32.1. The van der Waals surface area contributed by atoms with Crippen LogP contribution in [0.5, 0.6) is 0 Å². The highest BCUT2D eigenvalue weighted by Gasteiger charge is 2.13. The fourth-order valence-electron chi connectivity index (χ4n) is 1.96. The van der Waals surface area contributed by atoms with Crippen molar-refractivity contribution < 1.29 is 14.3 Å². The van der Waals surface area contributed by atoms with E-state index in [0.717, 1.165) is 16.9 Å². The first-order valence-electron chi connectivity index (χ1n) is 6.01. The van der Waals surface area contributed by atoms with Crippen LogP contribution in [0.2, 0.25) is 0 Å². The van der Waals surface area contributed by atoms with E-state index in [-0.39, 0.29) is 28.2 Å². The number of hydrogen-bond acceptors (Lipinski definition) is 4. The predicted octanol–water partition coefficient (Wildman–Crippen LogP) is 2.34. The zero-order chi connectivity index (χ0) is 15.0. The van der Waals surface area contributed by atoms with Crippen molar-refractivity contribution in [3.63, 3.8) is 0 Å². The van der Waals surface area contributed by atoms with Crippen LogP contribution in [-0.2, 0) is 6.54 Å². The first-order chi connectivity index (χ1) is 10.0. The molecule has 5 nitrogen and oxygen atoms in total. The number of fused-ring (bicyclic) bond motifs is 1. The van der Waals surface area contributed by atoms with Gasteiger partial charge < -0.3 is 5.11 Å². The van der Waals surface area contributed by atoms with Crippen LogP contribution in [0.1, 0.15) is 15.2 Å². The van der Waals surface area contributed by atoms with E-state index in [1.54, 1.807) is 12.1 Å². The lowest BCUT2D eigenvalue weighted by atomic mass is 10.2. The minimum atomic E-state index is -1.08. The Hall–Kier alpha value is -2.54. The van der Waals surface area contributed by atoms with Gasteiger partial charge >= 0.3 is 5.97 Å². The van der Waals surface area contributed by atoms with Gasteiger partial charge in [0.05, 0.1) is 18.3 Å². The Morgan fingerprint density at radius 3 is 2.71 bits per heavy atom. The largest absolute Gasteiger partial charge is 0.477 e. The van der Waals surface area contributed by atoms with E-state index in [2.05, 4.69) is 4.98 Å². The number of aromatic carboxylic acids is 1. The number of benzene rings is 1. The molecule has 106 valence electrons. The molecule has 0 amide bonds. The van der Waals surface area contributed by atoms with Crippen molar-refractivity contribution in [3.8, 4) is 0 Å². The first-order valence-corrected chi connectivity index (χ1v) is 6.83. The lowest BCUT2D eigenvalue weighted by Crippen LogP contribution is -2.20. The van der Waals surface area contributed by atoms with Crippen LogP contribution in [0.4, 0.5) is 4.39 Å². The highest BCUT2D eigenvalue weighted by molar-refractivity contribution is 7.20. The molecule has 0 fully saturated rings. The second kappa shape index (κ2) is 5.10. The van der Waals surface area contributed by atoms with Gasteiger partial charge in [-0.15, -0.1) is 11.3 Å². The van der Waals surface area contributed by atoms with Crippen LogP contribution < -0.4 is 5.56 Å². The molecule has 21 heavy (non-hydrogen) atoms. The Morgan fingerprint density at radius 1 is 1.33 bits per heavy atom. The molecule has 0 bridgehead atoms. The van der Waals surface area contributed by atoms with Crippen molar-refractivity contribution in [1.29, 1.82) is 0 Å². The average Bonchev–Trinajstić information content (AvgIpc) is 2.89. The number of carbonyl (C=O) groups is 1. The van der Waals surface area contributed by atoms with Crippen molar-refractivity contribution in [2.75, 3.05) is 0 Å². The second-order valence-electron chi connectivity index (χ2n) is 4.44. The molecule has 0 unspecified atom stereocenters. The van der Waals surface area contributed by atoms with Gasteiger partial charge in [-0.25, -0.2) is 14.2 Å². The normalized spacial score (nSPS) is 10.9. The number of hydrogen-bond donors (Lipinski definition) is 1. The van der Waals surface area contributed by atoms with Crippen molar-refractivity contribution in [3.05, 3.63) is 63.3 Å². The summed E-state index contributed by atoms with van der Waals surface area (Å²) in [6.07, 6.45) is 1.37. The Labute approximate surface area is 121 Å². The minimum absolute atomic E-state index is 0.0779. The zero-order valence-corrected chi connectivity index (χ0v) is 11.4. The molecule has 1 N–H and O–H groups in total. The van der Waals surface area contributed by atoms with Crippen LogP contribution in [0.3, 0.4) is 0 Å². The quantitative estimate of drug-likeness (QED) is 0.806. The number of halogens is 1. The van der Waals surface area contributed by atoms with Gasteiger partial charge in [-0.05, 0) is 23.8 Å². The van der Waals surface area contributed by atoms with Gasteiger partial charge in [0.15, 0.2) is 0 Å². The van der Waals surface area contributed by atoms with E-state index in [9.17, 15) is 14.0 Å². The fraction of sp³-hybridized carbons (Fsp3) is 0.0714. The van der Waals surface area contributed by atoms with Crippen molar-refractivity contribution >= 4 is 27.5 Å². The van der Waals surface area contributed by atoms with E-state index in [1.807, 2.05) is 0 Å². The molecule has 2 heterocycles. The van der Waals surface area contributed by atoms with E-state index in [4.69, 9.17) is 5.11 Å². The Kier molecular flexibility index (Phi) is 3.26. The Balaban J connectivity index is 2.03. The van der Waals surface area contributed by atoms with Crippen molar-refractivity contribution in [2.24, 2.45) is 0 Å². The third-order valence-electron chi connectivity index (χ3n) is 3.00. The van der Waals surface area contributed by atoms with Crippen LogP contribution >= 0.6 is 11.3 Å². The van der Waals surface area contributed by atoms with Gasteiger partial charge in [-0.1, -0.05) is 12.1 Å². The summed E-state index contributed by atoms with van der Waals surface area (Å²) in [6, 6.07) is 7.14. The maximum absolute atomic E-state index is 12.9. The molecule has 2 aromatic heterocycles. The molecule has 0 atom stereocenters. The maximum atomic E-state index is 12.9. The third kappa shape index (κ3) is 2.55. The zero-order valence-electron chi connectivity index (χ0n) is 10.6. The number of nitrogens with zero attached hydrogens (tertiary/aromatic N) is 2. The van der Waals surface area contributed by atoms with Gasteiger partial charge in [0.2, 0.25) is 0 Å². The van der Waals surface area contributed by atoms with E-state index >= 15 is 0 Å². The molecule has 3 rings (SSSR count). The van der Waals surface area contributed by atoms with E-state index in [1.165, 1.54) is 29.1 Å². The molecule has 0 spiro atoms. The molecule has 3 aromatic rings. The van der Waals surface area contributed by atoms with E-state index < -0.39 is 5.97 Å². The molecule has 0 saturated carbocycles. The highest BCUT2D eigenvalue weighted by Crippen LogP contribution is 2.20. The molecular weight excluding hydrogens is 295 g/mol. The Bertz CT molecular complexity index is 883.